The Kier molecular flexibility index (Phi) is 3.56. The molecule has 1 aromatic heterocycles. The van der Waals surface area contributed by atoms with E-state index in [9.17, 15) is 8.78 Å². The van der Waals surface area contributed by atoms with Crippen LogP contribution in [0.15, 0.2) is 34.1 Å². The van der Waals surface area contributed by atoms with Crippen molar-refractivity contribution in [3.8, 4) is 0 Å². The largest absolute Gasteiger partial charge is 0.378 e. The van der Waals surface area contributed by atoms with Gasteiger partial charge >= 0.3 is 0 Å². The Morgan fingerprint density at radius 3 is 2.69 bits per heavy atom. The van der Waals surface area contributed by atoms with Crippen LogP contribution in [0.5, 0.6) is 0 Å². The van der Waals surface area contributed by atoms with Crippen LogP contribution in [-0.2, 0) is 6.54 Å². The number of benzene rings is 1. The van der Waals surface area contributed by atoms with E-state index in [2.05, 4.69) is 21.2 Å². The van der Waals surface area contributed by atoms with Gasteiger partial charge in [0, 0.05) is 11.4 Å². The lowest BCUT2D eigenvalue weighted by Gasteiger charge is -2.06. The first-order valence-electron chi connectivity index (χ1n) is 4.59. The number of nitrogens with one attached hydrogen (secondary N) is 1. The van der Waals surface area contributed by atoms with Gasteiger partial charge in [-0.2, -0.15) is 0 Å². The summed E-state index contributed by atoms with van der Waals surface area (Å²) in [5, 5.41) is 2.86. The van der Waals surface area contributed by atoms with Gasteiger partial charge in [-0.05, 0) is 40.2 Å². The highest BCUT2D eigenvalue weighted by atomic mass is 79.9. The van der Waals surface area contributed by atoms with Crippen LogP contribution in [0.3, 0.4) is 0 Å². The average molecular weight is 304 g/mol. The second-order valence-electron chi connectivity index (χ2n) is 3.16. The fourth-order valence-corrected chi connectivity index (χ4v) is 2.69. The minimum absolute atomic E-state index is 0.185. The van der Waals surface area contributed by atoms with E-state index in [4.69, 9.17) is 0 Å². The SMILES string of the molecule is Fc1cccc(NCc2ccc(Br)s2)c1F. The summed E-state index contributed by atoms with van der Waals surface area (Å²) in [7, 11) is 0. The Morgan fingerprint density at radius 1 is 1.19 bits per heavy atom. The molecular formula is C11H8BrF2NS. The average Bonchev–Trinajstić information content (AvgIpc) is 2.67. The molecule has 0 spiro atoms. The first-order chi connectivity index (χ1) is 7.66. The molecule has 2 rings (SSSR count). The summed E-state index contributed by atoms with van der Waals surface area (Å²) in [6.07, 6.45) is 0. The lowest BCUT2D eigenvalue weighted by atomic mass is 10.3. The van der Waals surface area contributed by atoms with Crippen molar-refractivity contribution in [2.75, 3.05) is 5.32 Å². The van der Waals surface area contributed by atoms with Gasteiger partial charge in [0.25, 0.3) is 0 Å². The molecule has 0 saturated heterocycles. The predicted octanol–water partition coefficient (Wildman–Crippen LogP) is 4.40. The molecule has 1 N–H and O–H groups in total. The molecule has 0 amide bonds. The molecule has 0 atom stereocenters. The van der Waals surface area contributed by atoms with Gasteiger partial charge in [0.05, 0.1) is 9.47 Å². The highest BCUT2D eigenvalue weighted by Gasteiger charge is 2.07. The molecule has 1 aromatic carbocycles. The molecule has 84 valence electrons. The fraction of sp³-hybridized carbons (Fsp3) is 0.0909. The topological polar surface area (TPSA) is 12.0 Å². The predicted molar refractivity (Wildman–Crippen MR) is 65.7 cm³/mol. The zero-order valence-electron chi connectivity index (χ0n) is 8.14. The number of hydrogen-bond donors (Lipinski definition) is 1. The molecule has 0 bridgehead atoms. The third-order valence-corrected chi connectivity index (χ3v) is 3.66. The Bertz CT molecular complexity index is 498. The molecule has 0 saturated carbocycles. The molecule has 0 radical (unpaired) electrons. The van der Waals surface area contributed by atoms with Crippen LogP contribution in [0.25, 0.3) is 0 Å². The standard InChI is InChI=1S/C11H8BrF2NS/c12-10-5-4-7(16-10)6-15-9-3-1-2-8(13)11(9)14/h1-5,15H,6H2. The summed E-state index contributed by atoms with van der Waals surface area (Å²) in [5.74, 6) is -1.67. The van der Waals surface area contributed by atoms with Crippen molar-refractivity contribution in [1.82, 2.24) is 0 Å². The van der Waals surface area contributed by atoms with Crippen LogP contribution < -0.4 is 5.32 Å². The zero-order valence-corrected chi connectivity index (χ0v) is 10.5. The summed E-state index contributed by atoms with van der Waals surface area (Å²) in [4.78, 5) is 1.05. The molecule has 1 nitrogen and oxygen atoms in total. The van der Waals surface area contributed by atoms with Crippen molar-refractivity contribution in [3.05, 3.63) is 50.6 Å². The highest BCUT2D eigenvalue weighted by Crippen LogP contribution is 2.23. The summed E-state index contributed by atoms with van der Waals surface area (Å²) in [6, 6.07) is 7.94. The van der Waals surface area contributed by atoms with E-state index in [0.717, 1.165) is 14.7 Å². The maximum absolute atomic E-state index is 13.3. The van der Waals surface area contributed by atoms with Gasteiger partial charge in [0.15, 0.2) is 11.6 Å². The fourth-order valence-electron chi connectivity index (χ4n) is 1.27. The van der Waals surface area contributed by atoms with E-state index in [0.29, 0.717) is 6.54 Å². The van der Waals surface area contributed by atoms with Gasteiger partial charge in [-0.3, -0.25) is 0 Å². The van der Waals surface area contributed by atoms with Crippen LogP contribution in [0.4, 0.5) is 14.5 Å². The van der Waals surface area contributed by atoms with E-state index in [1.165, 1.54) is 12.1 Å². The number of halogens is 3. The van der Waals surface area contributed by atoms with E-state index in [1.807, 2.05) is 12.1 Å². The third-order valence-electron chi connectivity index (χ3n) is 2.03. The minimum atomic E-state index is -0.836. The molecule has 0 aliphatic carbocycles. The van der Waals surface area contributed by atoms with E-state index in [1.54, 1.807) is 11.3 Å². The number of anilines is 1. The molecule has 0 fully saturated rings. The maximum atomic E-state index is 13.3. The Hall–Kier alpha value is -0.940. The lowest BCUT2D eigenvalue weighted by molar-refractivity contribution is 0.511. The van der Waals surface area contributed by atoms with Crippen LogP contribution in [0, 0.1) is 11.6 Å². The van der Waals surface area contributed by atoms with Gasteiger partial charge in [-0.25, -0.2) is 8.78 Å². The molecule has 1 heterocycles. The minimum Gasteiger partial charge on any atom is -0.378 e. The third kappa shape index (κ3) is 2.59. The highest BCUT2D eigenvalue weighted by molar-refractivity contribution is 9.11. The molecule has 0 unspecified atom stereocenters. The van der Waals surface area contributed by atoms with Crippen molar-refractivity contribution >= 4 is 33.0 Å². The van der Waals surface area contributed by atoms with Crippen LogP contribution in [-0.4, -0.2) is 0 Å². The Balaban J connectivity index is 2.07. The maximum Gasteiger partial charge on any atom is 0.181 e. The molecule has 16 heavy (non-hydrogen) atoms. The number of rotatable bonds is 3. The Morgan fingerprint density at radius 2 is 2.00 bits per heavy atom. The monoisotopic (exact) mass is 303 g/mol. The van der Waals surface area contributed by atoms with Crippen LogP contribution in [0.1, 0.15) is 4.88 Å². The summed E-state index contributed by atoms with van der Waals surface area (Å²) >= 11 is 4.90. The van der Waals surface area contributed by atoms with E-state index >= 15 is 0 Å². The number of hydrogen-bond acceptors (Lipinski definition) is 2. The van der Waals surface area contributed by atoms with E-state index in [-0.39, 0.29) is 5.69 Å². The normalized spacial score (nSPS) is 10.4. The first-order valence-corrected chi connectivity index (χ1v) is 6.20. The van der Waals surface area contributed by atoms with Gasteiger partial charge < -0.3 is 5.32 Å². The van der Waals surface area contributed by atoms with Crippen molar-refractivity contribution in [2.45, 2.75) is 6.54 Å². The smallest absolute Gasteiger partial charge is 0.181 e. The molecule has 2 aromatic rings. The van der Waals surface area contributed by atoms with Gasteiger partial charge in [0.2, 0.25) is 0 Å². The van der Waals surface area contributed by atoms with Gasteiger partial charge in [0.1, 0.15) is 0 Å². The lowest BCUT2D eigenvalue weighted by Crippen LogP contribution is -2.01. The molecule has 0 aliphatic rings. The summed E-state index contributed by atoms with van der Waals surface area (Å²) in [5.41, 5.74) is 0.185. The van der Waals surface area contributed by atoms with Crippen LogP contribution >= 0.6 is 27.3 Å². The summed E-state index contributed by atoms with van der Waals surface area (Å²) in [6.45, 7) is 0.483. The Labute approximate surface area is 104 Å². The molecule has 0 aliphatic heterocycles. The van der Waals surface area contributed by atoms with Crippen molar-refractivity contribution < 1.29 is 8.78 Å². The summed E-state index contributed by atoms with van der Waals surface area (Å²) < 4.78 is 27.2. The van der Waals surface area contributed by atoms with Crippen molar-refractivity contribution in [3.63, 3.8) is 0 Å². The molecular weight excluding hydrogens is 296 g/mol. The van der Waals surface area contributed by atoms with Crippen molar-refractivity contribution in [2.24, 2.45) is 0 Å². The van der Waals surface area contributed by atoms with Gasteiger partial charge in [-0.1, -0.05) is 6.07 Å². The first kappa shape index (κ1) is 11.5. The van der Waals surface area contributed by atoms with Gasteiger partial charge in [-0.15, -0.1) is 11.3 Å². The number of thiophene rings is 1. The molecule has 5 heteroatoms. The second-order valence-corrected chi connectivity index (χ2v) is 5.71. The van der Waals surface area contributed by atoms with Crippen LogP contribution in [0.2, 0.25) is 0 Å². The van der Waals surface area contributed by atoms with E-state index < -0.39 is 11.6 Å². The van der Waals surface area contributed by atoms with Crippen molar-refractivity contribution in [1.29, 1.82) is 0 Å². The second kappa shape index (κ2) is 4.93. The zero-order chi connectivity index (χ0) is 11.5. The quantitative estimate of drug-likeness (QED) is 0.886.